The maximum absolute atomic E-state index is 8.47. The molecule has 0 heterocycles. The standard InChI is InChI=1S/C13H16ClN3O/c1-3-12(17-10(2)16-9-15)8-18-13-6-4-11(14)5-7-13/h4-7,12H,3,8H2,1-2H3,(H,16,17)/t12-/m1/s1. The molecule has 1 rings (SSSR count). The van der Waals surface area contributed by atoms with Crippen molar-refractivity contribution in [3.63, 3.8) is 0 Å². The van der Waals surface area contributed by atoms with Gasteiger partial charge in [-0.1, -0.05) is 18.5 Å². The molecule has 1 aromatic carbocycles. The van der Waals surface area contributed by atoms with Gasteiger partial charge in [0.05, 0.1) is 6.04 Å². The predicted octanol–water partition coefficient (Wildman–Crippen LogP) is 2.99. The van der Waals surface area contributed by atoms with Crippen LogP contribution in [-0.2, 0) is 0 Å². The Morgan fingerprint density at radius 3 is 2.72 bits per heavy atom. The molecule has 0 spiro atoms. The van der Waals surface area contributed by atoms with E-state index >= 15 is 0 Å². The number of hydrogen-bond acceptors (Lipinski definition) is 3. The van der Waals surface area contributed by atoms with Crippen molar-refractivity contribution in [3.8, 4) is 11.9 Å². The van der Waals surface area contributed by atoms with Gasteiger partial charge in [0, 0.05) is 5.02 Å². The Morgan fingerprint density at radius 2 is 2.17 bits per heavy atom. The SMILES string of the molecule is CC[C@H](COc1ccc(Cl)cc1)N=C(C)NC#N. The van der Waals surface area contributed by atoms with Crippen molar-refractivity contribution in [2.24, 2.45) is 4.99 Å². The third-order valence-electron chi connectivity index (χ3n) is 2.34. The summed E-state index contributed by atoms with van der Waals surface area (Å²) in [7, 11) is 0. The van der Waals surface area contributed by atoms with Gasteiger partial charge in [0.25, 0.3) is 0 Å². The van der Waals surface area contributed by atoms with Gasteiger partial charge < -0.3 is 4.74 Å². The summed E-state index contributed by atoms with van der Waals surface area (Å²) in [6, 6.07) is 7.23. The number of rotatable bonds is 5. The third-order valence-corrected chi connectivity index (χ3v) is 2.59. The maximum Gasteiger partial charge on any atom is 0.182 e. The molecule has 0 bridgehead atoms. The summed E-state index contributed by atoms with van der Waals surface area (Å²) in [4.78, 5) is 4.35. The van der Waals surface area contributed by atoms with Crippen LogP contribution in [0.5, 0.6) is 5.75 Å². The fraction of sp³-hybridized carbons (Fsp3) is 0.385. The second kappa shape index (κ2) is 7.57. The highest BCUT2D eigenvalue weighted by Gasteiger charge is 2.06. The zero-order valence-corrected chi connectivity index (χ0v) is 11.2. The summed E-state index contributed by atoms with van der Waals surface area (Å²) in [5, 5.41) is 11.7. The number of nitriles is 1. The second-order valence-corrected chi connectivity index (χ2v) is 4.21. The number of hydrogen-bond donors (Lipinski definition) is 1. The molecule has 0 aromatic heterocycles. The van der Waals surface area contributed by atoms with Gasteiger partial charge >= 0.3 is 0 Å². The van der Waals surface area contributed by atoms with Gasteiger partial charge in [0.1, 0.15) is 18.2 Å². The Labute approximate surface area is 112 Å². The molecule has 0 aliphatic heterocycles. The molecule has 0 fully saturated rings. The van der Waals surface area contributed by atoms with Gasteiger partial charge in [0.2, 0.25) is 0 Å². The van der Waals surface area contributed by atoms with Crippen molar-refractivity contribution in [3.05, 3.63) is 29.3 Å². The van der Waals surface area contributed by atoms with E-state index in [0.717, 1.165) is 12.2 Å². The molecule has 1 N–H and O–H groups in total. The number of ether oxygens (including phenoxy) is 1. The van der Waals surface area contributed by atoms with Crippen molar-refractivity contribution in [1.29, 1.82) is 5.26 Å². The summed E-state index contributed by atoms with van der Waals surface area (Å²) < 4.78 is 5.62. The van der Waals surface area contributed by atoms with E-state index in [2.05, 4.69) is 10.3 Å². The van der Waals surface area contributed by atoms with Crippen LogP contribution in [0.15, 0.2) is 29.3 Å². The minimum Gasteiger partial charge on any atom is -0.491 e. The first-order chi connectivity index (χ1) is 8.65. The number of halogens is 1. The summed E-state index contributed by atoms with van der Waals surface area (Å²) >= 11 is 5.79. The van der Waals surface area contributed by atoms with Crippen LogP contribution in [0, 0.1) is 11.5 Å². The van der Waals surface area contributed by atoms with Gasteiger partial charge in [-0.2, -0.15) is 5.26 Å². The largest absolute Gasteiger partial charge is 0.491 e. The summed E-state index contributed by atoms with van der Waals surface area (Å²) in [6.45, 7) is 4.26. The van der Waals surface area contributed by atoms with Crippen molar-refractivity contribution in [2.45, 2.75) is 26.3 Å². The molecule has 0 aliphatic carbocycles. The zero-order valence-electron chi connectivity index (χ0n) is 10.5. The molecule has 5 heteroatoms. The molecule has 0 saturated carbocycles. The van der Waals surface area contributed by atoms with E-state index in [4.69, 9.17) is 21.6 Å². The molecule has 0 aliphatic rings. The molecule has 0 amide bonds. The number of benzene rings is 1. The van der Waals surface area contributed by atoms with E-state index in [9.17, 15) is 0 Å². The average Bonchev–Trinajstić information content (AvgIpc) is 2.36. The lowest BCUT2D eigenvalue weighted by Gasteiger charge is -2.13. The number of nitrogens with one attached hydrogen (secondary N) is 1. The van der Waals surface area contributed by atoms with E-state index in [1.807, 2.05) is 25.2 Å². The molecule has 18 heavy (non-hydrogen) atoms. The Morgan fingerprint density at radius 1 is 1.50 bits per heavy atom. The van der Waals surface area contributed by atoms with E-state index in [1.165, 1.54) is 0 Å². The van der Waals surface area contributed by atoms with Crippen LogP contribution in [0.2, 0.25) is 5.02 Å². The number of aliphatic imine (C=N–C) groups is 1. The lowest BCUT2D eigenvalue weighted by molar-refractivity contribution is 0.286. The highest BCUT2D eigenvalue weighted by molar-refractivity contribution is 6.30. The van der Waals surface area contributed by atoms with Crippen LogP contribution in [0.1, 0.15) is 20.3 Å². The first-order valence-corrected chi connectivity index (χ1v) is 6.11. The normalized spacial score (nSPS) is 12.7. The molecule has 96 valence electrons. The van der Waals surface area contributed by atoms with Gasteiger partial charge in [-0.15, -0.1) is 0 Å². The fourth-order valence-electron chi connectivity index (χ4n) is 1.36. The summed E-state index contributed by atoms with van der Waals surface area (Å²) in [6.07, 6.45) is 2.69. The molecular weight excluding hydrogens is 250 g/mol. The van der Waals surface area contributed by atoms with Crippen molar-refractivity contribution < 1.29 is 4.74 Å². The van der Waals surface area contributed by atoms with Crippen molar-refractivity contribution in [1.82, 2.24) is 5.32 Å². The molecule has 1 aromatic rings. The highest BCUT2D eigenvalue weighted by atomic mass is 35.5. The Hall–Kier alpha value is -1.73. The highest BCUT2D eigenvalue weighted by Crippen LogP contribution is 2.16. The quantitative estimate of drug-likeness (QED) is 0.385. The molecule has 0 unspecified atom stereocenters. The molecule has 1 atom stereocenters. The summed E-state index contributed by atoms with van der Waals surface area (Å²) in [5.41, 5.74) is 0. The van der Waals surface area contributed by atoms with Crippen LogP contribution < -0.4 is 10.1 Å². The van der Waals surface area contributed by atoms with Gasteiger partial charge in [0.15, 0.2) is 6.19 Å². The first-order valence-electron chi connectivity index (χ1n) is 5.73. The van der Waals surface area contributed by atoms with E-state index in [0.29, 0.717) is 17.5 Å². The van der Waals surface area contributed by atoms with Crippen LogP contribution in [-0.4, -0.2) is 18.5 Å². The van der Waals surface area contributed by atoms with Gasteiger partial charge in [-0.3, -0.25) is 10.3 Å². The molecule has 0 radical (unpaired) electrons. The summed E-state index contributed by atoms with van der Waals surface area (Å²) in [5.74, 6) is 1.36. The van der Waals surface area contributed by atoms with Crippen LogP contribution >= 0.6 is 11.6 Å². The molecule has 0 saturated heterocycles. The number of amidine groups is 1. The molecule has 4 nitrogen and oxygen atoms in total. The first kappa shape index (κ1) is 14.3. The Bertz CT molecular complexity index is 437. The monoisotopic (exact) mass is 265 g/mol. The lowest BCUT2D eigenvalue weighted by atomic mass is 10.2. The second-order valence-electron chi connectivity index (χ2n) is 3.78. The topological polar surface area (TPSA) is 57.4 Å². The van der Waals surface area contributed by atoms with E-state index in [-0.39, 0.29) is 6.04 Å². The fourth-order valence-corrected chi connectivity index (χ4v) is 1.48. The molecular formula is C13H16ClN3O. The average molecular weight is 266 g/mol. The predicted molar refractivity (Wildman–Crippen MR) is 72.9 cm³/mol. The van der Waals surface area contributed by atoms with E-state index in [1.54, 1.807) is 19.1 Å². The van der Waals surface area contributed by atoms with Gasteiger partial charge in [-0.25, -0.2) is 0 Å². The smallest absolute Gasteiger partial charge is 0.182 e. The maximum atomic E-state index is 8.47. The Balaban J connectivity index is 2.52. The van der Waals surface area contributed by atoms with E-state index < -0.39 is 0 Å². The van der Waals surface area contributed by atoms with Crippen molar-refractivity contribution >= 4 is 17.4 Å². The van der Waals surface area contributed by atoms with Crippen LogP contribution in [0.25, 0.3) is 0 Å². The minimum atomic E-state index is 0.0292. The minimum absolute atomic E-state index is 0.0292. The Kier molecular flexibility index (Phi) is 6.03. The third kappa shape index (κ3) is 5.07. The van der Waals surface area contributed by atoms with Crippen LogP contribution in [0.4, 0.5) is 0 Å². The lowest BCUT2D eigenvalue weighted by Crippen LogP contribution is -2.21. The van der Waals surface area contributed by atoms with Gasteiger partial charge in [-0.05, 0) is 37.6 Å². The van der Waals surface area contributed by atoms with Crippen LogP contribution in [0.3, 0.4) is 0 Å². The zero-order chi connectivity index (χ0) is 13.4. The number of nitrogens with zero attached hydrogens (tertiary/aromatic N) is 2. The van der Waals surface area contributed by atoms with Crippen molar-refractivity contribution in [2.75, 3.05) is 6.61 Å².